The number of nitrogens with two attached hydrogens (primary N) is 1. The van der Waals surface area contributed by atoms with Crippen molar-refractivity contribution >= 4 is 45.4 Å². The number of hydrogen-bond donors (Lipinski definition) is 2. The summed E-state index contributed by atoms with van der Waals surface area (Å²) in [5.41, 5.74) is 11.3. The fourth-order valence-electron chi connectivity index (χ4n) is 5.54. The number of pyridine rings is 2. The standard InChI is InChI=1S/C36H39ClN6O4/c1-5-46-34-18-32-28(17-27(34)26(36(39)44)10-13-43(3)4)35(29(19-38)22(2)41-32)42-25-7-9-33(30(37)16-25)47-21-23-6-8-31(40-20-23)24-11-14-45-15-12-24/h6-10,16-18,20,24H,5,11-15,21H2,1-4H3,(H2,39,44)(H,41,42)/b26-10+. The van der Waals surface area contributed by atoms with E-state index in [2.05, 4.69) is 27.4 Å². The Morgan fingerprint density at radius 1 is 1.17 bits per heavy atom. The Balaban J connectivity index is 1.43. The second kappa shape index (κ2) is 15.3. The van der Waals surface area contributed by atoms with Gasteiger partial charge in [0.15, 0.2) is 0 Å². The van der Waals surface area contributed by atoms with Crippen LogP contribution in [0, 0.1) is 18.3 Å². The molecule has 0 spiro atoms. The predicted molar refractivity (Wildman–Crippen MR) is 184 cm³/mol. The number of anilines is 2. The molecule has 0 saturated carbocycles. The number of nitriles is 1. The van der Waals surface area contributed by atoms with Crippen molar-refractivity contribution in [1.29, 1.82) is 5.26 Å². The van der Waals surface area contributed by atoms with Gasteiger partial charge in [0.25, 0.3) is 0 Å². The number of halogens is 1. The van der Waals surface area contributed by atoms with Gasteiger partial charge < -0.3 is 30.2 Å². The Morgan fingerprint density at radius 3 is 2.60 bits per heavy atom. The van der Waals surface area contributed by atoms with Crippen molar-refractivity contribution in [3.63, 3.8) is 0 Å². The number of benzene rings is 2. The Hall–Kier alpha value is -4.69. The number of nitrogens with one attached hydrogen (secondary N) is 1. The van der Waals surface area contributed by atoms with E-state index in [0.717, 1.165) is 37.3 Å². The number of primary amides is 1. The molecule has 3 heterocycles. The fraction of sp³-hybridized carbons (Fsp3) is 0.333. The summed E-state index contributed by atoms with van der Waals surface area (Å²) >= 11 is 6.68. The van der Waals surface area contributed by atoms with Gasteiger partial charge in [0.1, 0.15) is 24.2 Å². The molecule has 10 nitrogen and oxygen atoms in total. The molecular weight excluding hydrogens is 616 g/mol. The average Bonchev–Trinajstić information content (AvgIpc) is 3.05. The molecule has 1 saturated heterocycles. The maximum atomic E-state index is 12.6. The van der Waals surface area contributed by atoms with Crippen LogP contribution in [0.4, 0.5) is 11.4 Å². The first-order valence-corrected chi connectivity index (χ1v) is 15.9. The number of aryl methyl sites for hydroxylation is 1. The van der Waals surface area contributed by atoms with Gasteiger partial charge in [-0.05, 0) is 71.1 Å². The third kappa shape index (κ3) is 8.00. The van der Waals surface area contributed by atoms with Crippen molar-refractivity contribution in [2.75, 3.05) is 45.8 Å². The van der Waals surface area contributed by atoms with E-state index in [0.29, 0.717) is 86.9 Å². The van der Waals surface area contributed by atoms with Crippen LogP contribution >= 0.6 is 11.6 Å². The van der Waals surface area contributed by atoms with E-state index in [9.17, 15) is 10.1 Å². The highest BCUT2D eigenvalue weighted by molar-refractivity contribution is 6.32. The monoisotopic (exact) mass is 654 g/mol. The zero-order valence-corrected chi connectivity index (χ0v) is 27.9. The van der Waals surface area contributed by atoms with Gasteiger partial charge in [0, 0.05) is 71.4 Å². The topological polar surface area (TPSA) is 136 Å². The molecule has 3 N–H and O–H groups in total. The van der Waals surface area contributed by atoms with Crippen LogP contribution in [0.15, 0.2) is 54.7 Å². The predicted octanol–water partition coefficient (Wildman–Crippen LogP) is 6.51. The molecule has 1 fully saturated rings. The first kappa shape index (κ1) is 33.7. The van der Waals surface area contributed by atoms with Gasteiger partial charge in [-0.2, -0.15) is 5.26 Å². The Labute approximate surface area is 280 Å². The molecule has 0 radical (unpaired) electrons. The molecule has 0 bridgehead atoms. The quantitative estimate of drug-likeness (QED) is 0.164. The summed E-state index contributed by atoms with van der Waals surface area (Å²) < 4.78 is 17.4. The van der Waals surface area contributed by atoms with Gasteiger partial charge in [0.2, 0.25) is 5.91 Å². The Morgan fingerprint density at radius 2 is 1.96 bits per heavy atom. The number of amides is 1. The van der Waals surface area contributed by atoms with Crippen LogP contribution in [0.25, 0.3) is 16.5 Å². The van der Waals surface area contributed by atoms with E-state index in [1.54, 1.807) is 37.3 Å². The van der Waals surface area contributed by atoms with E-state index in [1.165, 1.54) is 0 Å². The van der Waals surface area contributed by atoms with E-state index < -0.39 is 5.91 Å². The molecule has 0 unspecified atom stereocenters. The number of nitrogens with zero attached hydrogens (tertiary/aromatic N) is 4. The number of ether oxygens (including phenoxy) is 3. The smallest absolute Gasteiger partial charge is 0.249 e. The van der Waals surface area contributed by atoms with Crippen LogP contribution in [0.5, 0.6) is 11.5 Å². The van der Waals surface area contributed by atoms with Crippen LogP contribution < -0.4 is 20.5 Å². The lowest BCUT2D eigenvalue weighted by atomic mass is 9.96. The van der Waals surface area contributed by atoms with Crippen molar-refractivity contribution in [2.24, 2.45) is 5.73 Å². The maximum Gasteiger partial charge on any atom is 0.249 e. The van der Waals surface area contributed by atoms with E-state index in [-0.39, 0.29) is 0 Å². The average molecular weight is 655 g/mol. The van der Waals surface area contributed by atoms with Gasteiger partial charge >= 0.3 is 0 Å². The number of likely N-dealkylation sites (N-methyl/N-ethyl adjacent to an activating group) is 1. The van der Waals surface area contributed by atoms with Crippen LogP contribution in [0.2, 0.25) is 5.02 Å². The third-order valence-corrected chi connectivity index (χ3v) is 8.27. The molecular formula is C36H39ClN6O4. The van der Waals surface area contributed by atoms with Crippen molar-refractivity contribution in [2.45, 2.75) is 39.2 Å². The van der Waals surface area contributed by atoms with Gasteiger partial charge in [-0.1, -0.05) is 23.7 Å². The molecule has 47 heavy (non-hydrogen) atoms. The lowest BCUT2D eigenvalue weighted by molar-refractivity contribution is -0.112. The normalized spacial score (nSPS) is 13.9. The number of carbonyl (C=O) groups is 1. The Bertz CT molecular complexity index is 1830. The second-order valence-electron chi connectivity index (χ2n) is 11.6. The van der Waals surface area contributed by atoms with Crippen LogP contribution in [-0.4, -0.2) is 61.2 Å². The summed E-state index contributed by atoms with van der Waals surface area (Å²) in [7, 11) is 3.80. The molecule has 244 valence electrons. The zero-order valence-electron chi connectivity index (χ0n) is 27.1. The molecule has 2 aromatic carbocycles. The lowest BCUT2D eigenvalue weighted by Gasteiger charge is -2.21. The summed E-state index contributed by atoms with van der Waals surface area (Å²) in [6.45, 7) is 6.37. The number of fused-ring (bicyclic) bond motifs is 1. The summed E-state index contributed by atoms with van der Waals surface area (Å²) in [6, 6.07) is 15.3. The highest BCUT2D eigenvalue weighted by atomic mass is 35.5. The van der Waals surface area contributed by atoms with E-state index >= 15 is 0 Å². The minimum Gasteiger partial charge on any atom is -0.493 e. The lowest BCUT2D eigenvalue weighted by Crippen LogP contribution is -2.17. The molecule has 1 aliphatic heterocycles. The van der Waals surface area contributed by atoms with Crippen molar-refractivity contribution in [3.8, 4) is 17.6 Å². The summed E-state index contributed by atoms with van der Waals surface area (Å²) in [5, 5.41) is 14.6. The van der Waals surface area contributed by atoms with Crippen LogP contribution in [0.3, 0.4) is 0 Å². The molecule has 4 aromatic rings. The highest BCUT2D eigenvalue weighted by Gasteiger charge is 2.21. The largest absolute Gasteiger partial charge is 0.493 e. The second-order valence-corrected chi connectivity index (χ2v) is 12.0. The van der Waals surface area contributed by atoms with Gasteiger partial charge in [0.05, 0.1) is 34.1 Å². The van der Waals surface area contributed by atoms with E-state index in [4.69, 9.17) is 31.5 Å². The summed E-state index contributed by atoms with van der Waals surface area (Å²) in [6.07, 6.45) is 5.59. The number of aromatic nitrogens is 2. The van der Waals surface area contributed by atoms with Gasteiger partial charge in [-0.3, -0.25) is 14.8 Å². The first-order chi connectivity index (χ1) is 22.7. The minimum absolute atomic E-state index is 0.312. The zero-order chi connectivity index (χ0) is 33.5. The Kier molecular flexibility index (Phi) is 10.9. The van der Waals surface area contributed by atoms with Gasteiger partial charge in [-0.25, -0.2) is 0 Å². The third-order valence-electron chi connectivity index (χ3n) is 7.98. The molecule has 1 aliphatic rings. The van der Waals surface area contributed by atoms with Gasteiger partial charge in [-0.15, -0.1) is 0 Å². The maximum absolute atomic E-state index is 12.6. The summed E-state index contributed by atoms with van der Waals surface area (Å²) in [5.74, 6) is 0.835. The highest BCUT2D eigenvalue weighted by Crippen LogP contribution is 2.38. The molecule has 11 heteroatoms. The van der Waals surface area contributed by atoms with Crippen LogP contribution in [-0.2, 0) is 16.1 Å². The first-order valence-electron chi connectivity index (χ1n) is 15.6. The van der Waals surface area contributed by atoms with E-state index in [1.807, 2.05) is 44.2 Å². The fourth-order valence-corrected chi connectivity index (χ4v) is 5.78. The molecule has 1 amide bonds. The SMILES string of the molecule is CCOc1cc2nc(C)c(C#N)c(Nc3ccc(OCc4ccc(C5CCOCC5)nc4)c(Cl)c3)c2cc1/C(=C\CN(C)C)C(N)=O. The molecule has 0 atom stereocenters. The van der Waals surface area contributed by atoms with Crippen molar-refractivity contribution in [1.82, 2.24) is 14.9 Å². The van der Waals surface area contributed by atoms with Crippen LogP contribution in [0.1, 0.15) is 53.8 Å². The molecule has 0 aliphatic carbocycles. The number of hydrogen-bond acceptors (Lipinski definition) is 9. The molecule has 5 rings (SSSR count). The number of carbonyl (C=O) groups excluding carboxylic acids is 1. The van der Waals surface area contributed by atoms with Crippen molar-refractivity contribution in [3.05, 3.63) is 87.8 Å². The number of rotatable bonds is 12. The van der Waals surface area contributed by atoms with Crippen molar-refractivity contribution < 1.29 is 19.0 Å². The molecule has 2 aromatic heterocycles. The minimum atomic E-state index is -0.587. The summed E-state index contributed by atoms with van der Waals surface area (Å²) in [4.78, 5) is 23.9.